The third kappa shape index (κ3) is 2.91. The minimum atomic E-state index is 0.337. The van der Waals surface area contributed by atoms with E-state index in [-0.39, 0.29) is 0 Å². The van der Waals surface area contributed by atoms with Crippen LogP contribution < -0.4 is 0 Å². The standard InChI is InChI=1S/C11H9Cl2N3O/c1-17-6-7-5-9(13)16-11(15-7)10-8(12)3-2-4-14-10/h2-5H,6H2,1H3. The summed E-state index contributed by atoms with van der Waals surface area (Å²) in [4.78, 5) is 12.5. The van der Waals surface area contributed by atoms with Gasteiger partial charge >= 0.3 is 0 Å². The molecule has 0 aliphatic carbocycles. The van der Waals surface area contributed by atoms with Crippen LogP contribution in [0, 0.1) is 0 Å². The molecular weight excluding hydrogens is 261 g/mol. The molecule has 2 aromatic rings. The normalized spacial score (nSPS) is 10.5. The zero-order valence-corrected chi connectivity index (χ0v) is 10.5. The van der Waals surface area contributed by atoms with Gasteiger partial charge in [0.2, 0.25) is 0 Å². The molecule has 2 heterocycles. The van der Waals surface area contributed by atoms with Gasteiger partial charge in [0.1, 0.15) is 10.8 Å². The van der Waals surface area contributed by atoms with E-state index in [9.17, 15) is 0 Å². The van der Waals surface area contributed by atoms with Gasteiger partial charge in [-0.15, -0.1) is 0 Å². The lowest BCUT2D eigenvalue weighted by Crippen LogP contribution is -1.99. The molecule has 88 valence electrons. The van der Waals surface area contributed by atoms with Gasteiger partial charge in [0.25, 0.3) is 0 Å². The van der Waals surface area contributed by atoms with Crippen molar-refractivity contribution >= 4 is 23.2 Å². The van der Waals surface area contributed by atoms with Crippen LogP contribution in [0.4, 0.5) is 0 Å². The summed E-state index contributed by atoms with van der Waals surface area (Å²) in [5, 5.41) is 0.821. The van der Waals surface area contributed by atoms with Gasteiger partial charge in [0, 0.05) is 13.3 Å². The summed E-state index contributed by atoms with van der Waals surface area (Å²) in [5.74, 6) is 0.398. The van der Waals surface area contributed by atoms with Crippen molar-refractivity contribution in [1.29, 1.82) is 0 Å². The fraction of sp³-hybridized carbons (Fsp3) is 0.182. The quantitative estimate of drug-likeness (QED) is 0.804. The highest BCUT2D eigenvalue weighted by atomic mass is 35.5. The van der Waals surface area contributed by atoms with E-state index in [1.807, 2.05) is 0 Å². The van der Waals surface area contributed by atoms with Crippen LogP contribution in [0.2, 0.25) is 10.2 Å². The van der Waals surface area contributed by atoms with E-state index in [1.165, 1.54) is 0 Å². The van der Waals surface area contributed by atoms with E-state index in [0.717, 1.165) is 0 Å². The monoisotopic (exact) mass is 269 g/mol. The van der Waals surface area contributed by atoms with E-state index in [2.05, 4.69) is 15.0 Å². The highest BCUT2D eigenvalue weighted by Crippen LogP contribution is 2.23. The van der Waals surface area contributed by atoms with Crippen molar-refractivity contribution in [3.8, 4) is 11.5 Å². The maximum atomic E-state index is 6.02. The predicted molar refractivity (Wildman–Crippen MR) is 66.0 cm³/mol. The van der Waals surface area contributed by atoms with Crippen LogP contribution in [-0.2, 0) is 11.3 Å². The molecule has 2 aromatic heterocycles. The Morgan fingerprint density at radius 1 is 1.29 bits per heavy atom. The van der Waals surface area contributed by atoms with Crippen molar-refractivity contribution in [2.45, 2.75) is 6.61 Å². The third-order valence-corrected chi connectivity index (χ3v) is 2.51. The van der Waals surface area contributed by atoms with Crippen LogP contribution in [0.3, 0.4) is 0 Å². The number of rotatable bonds is 3. The lowest BCUT2D eigenvalue weighted by molar-refractivity contribution is 0.181. The zero-order valence-electron chi connectivity index (χ0n) is 9.02. The Balaban J connectivity index is 2.48. The molecule has 4 nitrogen and oxygen atoms in total. The zero-order chi connectivity index (χ0) is 12.3. The Morgan fingerprint density at radius 3 is 2.82 bits per heavy atom. The van der Waals surface area contributed by atoms with E-state index >= 15 is 0 Å². The van der Waals surface area contributed by atoms with E-state index in [0.29, 0.717) is 34.0 Å². The maximum Gasteiger partial charge on any atom is 0.181 e. The molecule has 0 saturated carbocycles. The second-order valence-corrected chi connectivity index (χ2v) is 4.07. The fourth-order valence-corrected chi connectivity index (χ4v) is 1.75. The first-order valence-electron chi connectivity index (χ1n) is 4.84. The van der Waals surface area contributed by atoms with E-state index in [1.54, 1.807) is 31.5 Å². The van der Waals surface area contributed by atoms with Crippen molar-refractivity contribution < 1.29 is 4.74 Å². The Hall–Kier alpha value is -1.23. The van der Waals surface area contributed by atoms with Gasteiger partial charge in [-0.3, -0.25) is 4.98 Å². The van der Waals surface area contributed by atoms with Gasteiger partial charge in [-0.25, -0.2) is 9.97 Å². The second-order valence-electron chi connectivity index (χ2n) is 3.27. The molecule has 17 heavy (non-hydrogen) atoms. The second kappa shape index (κ2) is 5.40. The summed E-state index contributed by atoms with van der Waals surface area (Å²) >= 11 is 11.9. The lowest BCUT2D eigenvalue weighted by Gasteiger charge is -2.05. The topological polar surface area (TPSA) is 47.9 Å². The molecule has 0 amide bonds. The van der Waals surface area contributed by atoms with Crippen molar-refractivity contribution in [3.05, 3.63) is 40.3 Å². The minimum absolute atomic E-state index is 0.337. The largest absolute Gasteiger partial charge is 0.378 e. The molecule has 0 bridgehead atoms. The van der Waals surface area contributed by atoms with Crippen LogP contribution >= 0.6 is 23.2 Å². The number of ether oxygens (including phenoxy) is 1. The molecule has 0 unspecified atom stereocenters. The average molecular weight is 270 g/mol. The predicted octanol–water partition coefficient (Wildman–Crippen LogP) is 2.99. The SMILES string of the molecule is COCc1cc(Cl)nc(-c2ncccc2Cl)n1. The number of aromatic nitrogens is 3. The molecular formula is C11H9Cl2N3O. The number of hydrogen-bond donors (Lipinski definition) is 0. The summed E-state index contributed by atoms with van der Waals surface area (Å²) in [6.45, 7) is 0.361. The highest BCUT2D eigenvalue weighted by molar-refractivity contribution is 6.33. The minimum Gasteiger partial charge on any atom is -0.378 e. The molecule has 0 radical (unpaired) electrons. The van der Waals surface area contributed by atoms with Gasteiger partial charge < -0.3 is 4.74 Å². The molecule has 6 heteroatoms. The molecule has 0 saturated heterocycles. The third-order valence-electron chi connectivity index (χ3n) is 2.01. The van der Waals surface area contributed by atoms with Gasteiger partial charge in [0.15, 0.2) is 5.82 Å². The van der Waals surface area contributed by atoms with Crippen LogP contribution in [0.5, 0.6) is 0 Å². The van der Waals surface area contributed by atoms with Gasteiger partial charge in [-0.05, 0) is 18.2 Å². The van der Waals surface area contributed by atoms with E-state index in [4.69, 9.17) is 27.9 Å². The van der Waals surface area contributed by atoms with Crippen LogP contribution in [0.25, 0.3) is 11.5 Å². The summed E-state index contributed by atoms with van der Waals surface area (Å²) in [6.07, 6.45) is 1.63. The number of halogens is 2. The Kier molecular flexibility index (Phi) is 3.89. The van der Waals surface area contributed by atoms with Gasteiger partial charge in [-0.2, -0.15) is 0 Å². The number of pyridine rings is 1. The first-order chi connectivity index (χ1) is 8.20. The molecule has 0 fully saturated rings. The van der Waals surface area contributed by atoms with Crippen molar-refractivity contribution in [2.75, 3.05) is 7.11 Å². The van der Waals surface area contributed by atoms with Crippen molar-refractivity contribution in [2.24, 2.45) is 0 Å². The molecule has 0 atom stereocenters. The fourth-order valence-electron chi connectivity index (χ4n) is 1.34. The van der Waals surface area contributed by atoms with Gasteiger partial charge in [-0.1, -0.05) is 23.2 Å². The highest BCUT2D eigenvalue weighted by Gasteiger charge is 2.10. The molecule has 0 aliphatic rings. The summed E-state index contributed by atoms with van der Waals surface area (Å²) in [7, 11) is 1.59. The van der Waals surface area contributed by atoms with Crippen LogP contribution in [0.1, 0.15) is 5.69 Å². The van der Waals surface area contributed by atoms with E-state index < -0.39 is 0 Å². The Bertz CT molecular complexity index is 534. The van der Waals surface area contributed by atoms with Crippen LogP contribution in [0.15, 0.2) is 24.4 Å². The average Bonchev–Trinajstić information content (AvgIpc) is 2.29. The Labute approximate surface area is 109 Å². The summed E-state index contributed by atoms with van der Waals surface area (Å²) < 4.78 is 5.00. The lowest BCUT2D eigenvalue weighted by atomic mass is 10.3. The molecule has 0 aliphatic heterocycles. The Morgan fingerprint density at radius 2 is 2.12 bits per heavy atom. The number of nitrogens with zero attached hydrogens (tertiary/aromatic N) is 3. The first-order valence-corrected chi connectivity index (χ1v) is 5.59. The summed E-state index contributed by atoms with van der Waals surface area (Å²) in [6, 6.07) is 5.11. The molecule has 0 aromatic carbocycles. The van der Waals surface area contributed by atoms with Crippen LogP contribution in [-0.4, -0.2) is 22.1 Å². The number of methoxy groups -OCH3 is 1. The molecule has 2 rings (SSSR count). The maximum absolute atomic E-state index is 6.02. The molecule has 0 spiro atoms. The number of hydrogen-bond acceptors (Lipinski definition) is 4. The first kappa shape index (κ1) is 12.2. The van der Waals surface area contributed by atoms with Gasteiger partial charge in [0.05, 0.1) is 17.3 Å². The molecule has 0 N–H and O–H groups in total. The van der Waals surface area contributed by atoms with Crippen molar-refractivity contribution in [3.63, 3.8) is 0 Å². The summed E-state index contributed by atoms with van der Waals surface area (Å²) in [5.41, 5.74) is 1.19. The smallest absolute Gasteiger partial charge is 0.181 e. The van der Waals surface area contributed by atoms with Crippen molar-refractivity contribution in [1.82, 2.24) is 15.0 Å².